The van der Waals surface area contributed by atoms with E-state index in [4.69, 9.17) is 24.7 Å². The summed E-state index contributed by atoms with van der Waals surface area (Å²) in [6.45, 7) is 1.19. The van der Waals surface area contributed by atoms with Crippen molar-refractivity contribution in [2.24, 2.45) is 11.5 Å². The van der Waals surface area contributed by atoms with Gasteiger partial charge in [0.25, 0.3) is 0 Å². The minimum atomic E-state index is -1.92. The molecule has 0 unspecified atom stereocenters. The summed E-state index contributed by atoms with van der Waals surface area (Å²) >= 11 is 0. The van der Waals surface area contributed by atoms with Gasteiger partial charge >= 0.3 is 9.53 Å². The Labute approximate surface area is 81.3 Å². The first-order valence-electron chi connectivity index (χ1n) is 4.39. The Bertz CT molecular complexity index is 108. The van der Waals surface area contributed by atoms with E-state index in [2.05, 4.69) is 0 Å². The molecule has 0 atom stereocenters. The van der Waals surface area contributed by atoms with Crippen LogP contribution in [0.3, 0.4) is 0 Å². The SMILES string of the molecule is CO[SiH](OC)OC(CCN)CCN. The summed E-state index contributed by atoms with van der Waals surface area (Å²) in [5.41, 5.74) is 10.9. The molecular weight excluding hydrogens is 188 g/mol. The van der Waals surface area contributed by atoms with Gasteiger partial charge in [-0.1, -0.05) is 0 Å². The molecule has 0 aromatic heterocycles. The first-order valence-corrected chi connectivity index (χ1v) is 5.81. The summed E-state index contributed by atoms with van der Waals surface area (Å²) in [5.74, 6) is 0. The van der Waals surface area contributed by atoms with Crippen LogP contribution in [0.15, 0.2) is 0 Å². The molecule has 4 N–H and O–H groups in total. The van der Waals surface area contributed by atoms with Gasteiger partial charge in [-0.05, 0) is 25.9 Å². The third kappa shape index (κ3) is 6.14. The molecule has 0 aromatic rings. The Morgan fingerprint density at radius 2 is 1.54 bits per heavy atom. The molecule has 0 aliphatic rings. The van der Waals surface area contributed by atoms with Crippen LogP contribution in [0, 0.1) is 0 Å². The van der Waals surface area contributed by atoms with E-state index >= 15 is 0 Å². The molecule has 6 heteroatoms. The fraction of sp³-hybridized carbons (Fsp3) is 1.00. The van der Waals surface area contributed by atoms with Crippen molar-refractivity contribution < 1.29 is 13.3 Å². The Morgan fingerprint density at radius 3 is 1.85 bits per heavy atom. The number of hydrogen-bond donors (Lipinski definition) is 2. The Balaban J connectivity index is 3.76. The highest BCUT2D eigenvalue weighted by Gasteiger charge is 2.17. The lowest BCUT2D eigenvalue weighted by molar-refractivity contribution is 0.0793. The fourth-order valence-electron chi connectivity index (χ4n) is 1.02. The molecule has 0 bridgehead atoms. The van der Waals surface area contributed by atoms with Gasteiger partial charge in [-0.15, -0.1) is 0 Å². The number of nitrogens with two attached hydrogens (primary N) is 2. The van der Waals surface area contributed by atoms with Crippen molar-refractivity contribution in [3.63, 3.8) is 0 Å². The number of rotatable bonds is 8. The van der Waals surface area contributed by atoms with Crippen LogP contribution in [-0.4, -0.2) is 42.9 Å². The van der Waals surface area contributed by atoms with Crippen molar-refractivity contribution in [1.82, 2.24) is 0 Å². The molecule has 0 aromatic carbocycles. The molecule has 0 fully saturated rings. The van der Waals surface area contributed by atoms with E-state index in [0.29, 0.717) is 13.1 Å². The minimum absolute atomic E-state index is 0.0755. The standard InChI is InChI=1S/C7H20N2O3Si/c1-10-13(11-2)12-7(3-5-8)4-6-9/h7,13H,3-6,8-9H2,1-2H3. The third-order valence-electron chi connectivity index (χ3n) is 1.67. The van der Waals surface area contributed by atoms with Crippen LogP contribution in [0.1, 0.15) is 12.8 Å². The van der Waals surface area contributed by atoms with E-state index in [9.17, 15) is 0 Å². The van der Waals surface area contributed by atoms with E-state index in [1.165, 1.54) is 0 Å². The second-order valence-electron chi connectivity index (χ2n) is 2.67. The van der Waals surface area contributed by atoms with Crippen LogP contribution in [0.2, 0.25) is 0 Å². The predicted molar refractivity (Wildman–Crippen MR) is 53.4 cm³/mol. The largest absolute Gasteiger partial charge is 0.483 e. The van der Waals surface area contributed by atoms with Gasteiger partial charge in [0, 0.05) is 14.2 Å². The van der Waals surface area contributed by atoms with E-state index < -0.39 is 9.53 Å². The molecule has 0 saturated heterocycles. The topological polar surface area (TPSA) is 79.7 Å². The fourth-order valence-corrected chi connectivity index (χ4v) is 2.02. The third-order valence-corrected chi connectivity index (χ3v) is 3.04. The zero-order chi connectivity index (χ0) is 10.1. The maximum absolute atomic E-state index is 5.56. The average molecular weight is 208 g/mol. The lowest BCUT2D eigenvalue weighted by Crippen LogP contribution is -2.32. The highest BCUT2D eigenvalue weighted by atomic mass is 28.3. The normalized spacial score (nSPS) is 11.5. The zero-order valence-corrected chi connectivity index (χ0v) is 9.52. The molecule has 0 rings (SSSR count). The molecule has 0 amide bonds. The Kier molecular flexibility index (Phi) is 8.62. The first kappa shape index (κ1) is 13.0. The summed E-state index contributed by atoms with van der Waals surface area (Å²) in [5, 5.41) is 0. The van der Waals surface area contributed by atoms with E-state index in [1.807, 2.05) is 0 Å². The number of hydrogen-bond acceptors (Lipinski definition) is 5. The quantitative estimate of drug-likeness (QED) is 0.504. The second kappa shape index (κ2) is 8.61. The van der Waals surface area contributed by atoms with Gasteiger partial charge in [-0.25, -0.2) is 0 Å². The van der Waals surface area contributed by atoms with Crippen molar-refractivity contribution in [1.29, 1.82) is 0 Å². The molecule has 0 radical (unpaired) electrons. The molecule has 0 saturated carbocycles. The maximum atomic E-state index is 5.56. The molecule has 80 valence electrons. The van der Waals surface area contributed by atoms with Gasteiger partial charge in [-0.3, -0.25) is 0 Å². The Hall–Kier alpha value is 0.0169. The average Bonchev–Trinajstić information content (AvgIpc) is 2.14. The monoisotopic (exact) mass is 208 g/mol. The lowest BCUT2D eigenvalue weighted by Gasteiger charge is -2.20. The van der Waals surface area contributed by atoms with Crippen LogP contribution in [-0.2, 0) is 13.3 Å². The van der Waals surface area contributed by atoms with E-state index in [0.717, 1.165) is 12.8 Å². The van der Waals surface area contributed by atoms with Crippen molar-refractivity contribution in [2.45, 2.75) is 18.9 Å². The lowest BCUT2D eigenvalue weighted by atomic mass is 10.2. The molecular formula is C7H20N2O3Si. The van der Waals surface area contributed by atoms with Crippen molar-refractivity contribution >= 4 is 9.53 Å². The smallest absolute Gasteiger partial charge is 0.379 e. The molecule has 0 aliphatic heterocycles. The van der Waals surface area contributed by atoms with Gasteiger partial charge < -0.3 is 24.7 Å². The van der Waals surface area contributed by atoms with Crippen LogP contribution in [0.5, 0.6) is 0 Å². The summed E-state index contributed by atoms with van der Waals surface area (Å²) in [6, 6.07) is 0. The molecule has 0 aliphatic carbocycles. The summed E-state index contributed by atoms with van der Waals surface area (Å²) in [4.78, 5) is 0. The van der Waals surface area contributed by atoms with Crippen molar-refractivity contribution in [2.75, 3.05) is 27.3 Å². The van der Waals surface area contributed by atoms with E-state index in [1.54, 1.807) is 14.2 Å². The van der Waals surface area contributed by atoms with Crippen LogP contribution < -0.4 is 11.5 Å². The van der Waals surface area contributed by atoms with Gasteiger partial charge in [-0.2, -0.15) is 0 Å². The molecule has 0 spiro atoms. The highest BCUT2D eigenvalue weighted by Crippen LogP contribution is 2.04. The van der Waals surface area contributed by atoms with Crippen LogP contribution in [0.4, 0.5) is 0 Å². The molecule has 13 heavy (non-hydrogen) atoms. The van der Waals surface area contributed by atoms with Gasteiger partial charge in [0.05, 0.1) is 6.10 Å². The Morgan fingerprint density at radius 1 is 1.08 bits per heavy atom. The second-order valence-corrected chi connectivity index (χ2v) is 4.47. The van der Waals surface area contributed by atoms with Gasteiger partial charge in [0.15, 0.2) is 0 Å². The van der Waals surface area contributed by atoms with Crippen LogP contribution in [0.25, 0.3) is 0 Å². The first-order chi connectivity index (χ1) is 6.28. The molecule has 0 heterocycles. The van der Waals surface area contributed by atoms with Crippen molar-refractivity contribution in [3.8, 4) is 0 Å². The van der Waals surface area contributed by atoms with Crippen LogP contribution >= 0.6 is 0 Å². The summed E-state index contributed by atoms with van der Waals surface area (Å²) in [6.07, 6.45) is 1.67. The minimum Gasteiger partial charge on any atom is -0.379 e. The maximum Gasteiger partial charge on any atom is 0.483 e. The zero-order valence-electron chi connectivity index (χ0n) is 8.36. The van der Waals surface area contributed by atoms with Crippen molar-refractivity contribution in [3.05, 3.63) is 0 Å². The predicted octanol–water partition coefficient (Wildman–Crippen LogP) is -0.921. The van der Waals surface area contributed by atoms with Gasteiger partial charge in [0.2, 0.25) is 0 Å². The summed E-state index contributed by atoms with van der Waals surface area (Å²) in [7, 11) is 1.25. The van der Waals surface area contributed by atoms with Gasteiger partial charge in [0.1, 0.15) is 0 Å². The molecule has 5 nitrogen and oxygen atoms in total. The highest BCUT2D eigenvalue weighted by molar-refractivity contribution is 6.36. The van der Waals surface area contributed by atoms with E-state index in [-0.39, 0.29) is 6.10 Å². The summed E-state index contributed by atoms with van der Waals surface area (Å²) < 4.78 is 15.6.